The molecule has 0 unspecified atom stereocenters. The van der Waals surface area contributed by atoms with E-state index in [1.54, 1.807) is 0 Å². The van der Waals surface area contributed by atoms with Gasteiger partial charge in [0.05, 0.1) is 12.2 Å². The molecule has 4 nitrogen and oxygen atoms in total. The lowest BCUT2D eigenvalue weighted by atomic mass is 9.91. The predicted octanol–water partition coefficient (Wildman–Crippen LogP) is 3.30. The van der Waals surface area contributed by atoms with Gasteiger partial charge in [-0.15, -0.1) is 0 Å². The minimum atomic E-state index is 0.549. The van der Waals surface area contributed by atoms with E-state index in [1.807, 2.05) is 18.6 Å². The summed E-state index contributed by atoms with van der Waals surface area (Å²) in [5.74, 6) is 0. The summed E-state index contributed by atoms with van der Waals surface area (Å²) in [6.45, 7) is 2.07. The second-order valence-electron chi connectivity index (χ2n) is 6.39. The Labute approximate surface area is 126 Å². The quantitative estimate of drug-likeness (QED) is 0.867. The van der Waals surface area contributed by atoms with Crippen LogP contribution >= 0.6 is 0 Å². The van der Waals surface area contributed by atoms with E-state index in [1.165, 1.54) is 36.8 Å². The van der Waals surface area contributed by atoms with Crippen LogP contribution in [0.25, 0.3) is 11.1 Å². The Morgan fingerprint density at radius 1 is 1.05 bits per heavy atom. The van der Waals surface area contributed by atoms with Crippen molar-refractivity contribution in [2.75, 3.05) is 14.1 Å². The summed E-state index contributed by atoms with van der Waals surface area (Å²) in [5, 5.41) is 4.59. The van der Waals surface area contributed by atoms with E-state index in [0.717, 1.165) is 11.6 Å². The van der Waals surface area contributed by atoms with Crippen molar-refractivity contribution >= 4 is 0 Å². The van der Waals surface area contributed by atoms with Crippen molar-refractivity contribution < 1.29 is 0 Å². The maximum Gasteiger partial charge on any atom is 0.0569 e. The summed E-state index contributed by atoms with van der Waals surface area (Å²) in [4.78, 5) is 6.62. The Morgan fingerprint density at radius 2 is 1.81 bits per heavy atom. The van der Waals surface area contributed by atoms with Crippen LogP contribution in [0.5, 0.6) is 0 Å². The van der Waals surface area contributed by atoms with Crippen molar-refractivity contribution in [2.24, 2.45) is 0 Å². The van der Waals surface area contributed by atoms with E-state index < -0.39 is 0 Å². The molecule has 0 N–H and O–H groups in total. The molecule has 0 saturated heterocycles. The molecule has 1 aliphatic carbocycles. The van der Waals surface area contributed by atoms with Gasteiger partial charge in [-0.1, -0.05) is 0 Å². The average Bonchev–Trinajstić information content (AvgIpc) is 2.97. The summed E-state index contributed by atoms with van der Waals surface area (Å²) in [6.07, 6.45) is 12.9. The number of hydrogen-bond acceptors (Lipinski definition) is 3. The molecule has 3 rings (SSSR count). The van der Waals surface area contributed by atoms with E-state index in [0.29, 0.717) is 6.04 Å². The van der Waals surface area contributed by atoms with Crippen LogP contribution in [0.15, 0.2) is 30.9 Å². The van der Waals surface area contributed by atoms with Crippen LogP contribution in [0.4, 0.5) is 0 Å². The summed E-state index contributed by atoms with van der Waals surface area (Å²) in [5.41, 5.74) is 3.51. The standard InChI is InChI=1S/C17H24N4/c1-13-8-14(10-18-9-13)15-11-19-21(12-15)17-6-4-16(5-7-17)20(2)3/h8-12,16-17H,4-7H2,1-3H3. The maximum atomic E-state index is 4.59. The van der Waals surface area contributed by atoms with Gasteiger partial charge in [-0.25, -0.2) is 0 Å². The Bertz CT molecular complexity index is 594. The lowest BCUT2D eigenvalue weighted by molar-refractivity contribution is 0.189. The molecular weight excluding hydrogens is 260 g/mol. The minimum absolute atomic E-state index is 0.549. The van der Waals surface area contributed by atoms with Gasteiger partial charge in [0.1, 0.15) is 0 Å². The van der Waals surface area contributed by atoms with Crippen molar-refractivity contribution in [3.8, 4) is 11.1 Å². The molecule has 0 aromatic carbocycles. The molecule has 0 radical (unpaired) electrons. The molecule has 2 aromatic rings. The lowest BCUT2D eigenvalue weighted by Gasteiger charge is -2.32. The molecule has 0 amide bonds. The van der Waals surface area contributed by atoms with E-state index in [4.69, 9.17) is 0 Å². The average molecular weight is 284 g/mol. The van der Waals surface area contributed by atoms with Crippen molar-refractivity contribution in [2.45, 2.75) is 44.7 Å². The second kappa shape index (κ2) is 5.98. The van der Waals surface area contributed by atoms with Crippen LogP contribution in [-0.4, -0.2) is 39.8 Å². The first-order chi connectivity index (χ1) is 10.1. The topological polar surface area (TPSA) is 34.0 Å². The van der Waals surface area contributed by atoms with Crippen molar-refractivity contribution in [1.82, 2.24) is 19.7 Å². The summed E-state index contributed by atoms with van der Waals surface area (Å²) < 4.78 is 2.16. The number of rotatable bonds is 3. The van der Waals surface area contributed by atoms with Gasteiger partial charge in [-0.2, -0.15) is 5.10 Å². The third kappa shape index (κ3) is 3.16. The Kier molecular flexibility index (Phi) is 4.06. The van der Waals surface area contributed by atoms with Gasteiger partial charge in [0, 0.05) is 35.8 Å². The molecule has 1 aliphatic rings. The zero-order chi connectivity index (χ0) is 14.8. The normalized spacial score (nSPS) is 22.7. The molecule has 4 heteroatoms. The Balaban J connectivity index is 1.71. The highest BCUT2D eigenvalue weighted by Crippen LogP contribution is 2.31. The fourth-order valence-electron chi connectivity index (χ4n) is 3.24. The summed E-state index contributed by atoms with van der Waals surface area (Å²) in [7, 11) is 4.36. The highest BCUT2D eigenvalue weighted by molar-refractivity contribution is 5.61. The van der Waals surface area contributed by atoms with Gasteiger partial charge >= 0.3 is 0 Å². The van der Waals surface area contributed by atoms with Crippen LogP contribution < -0.4 is 0 Å². The van der Waals surface area contributed by atoms with E-state index >= 15 is 0 Å². The molecule has 0 atom stereocenters. The SMILES string of the molecule is Cc1cncc(-c2cnn(C3CCC(N(C)C)CC3)c2)c1. The smallest absolute Gasteiger partial charge is 0.0569 e. The van der Waals surface area contributed by atoms with E-state index in [2.05, 4.69) is 52.9 Å². The van der Waals surface area contributed by atoms with Crippen LogP contribution in [0.2, 0.25) is 0 Å². The molecule has 2 heterocycles. The third-order valence-electron chi connectivity index (χ3n) is 4.58. The first-order valence-electron chi connectivity index (χ1n) is 7.76. The van der Waals surface area contributed by atoms with Crippen molar-refractivity contribution in [3.05, 3.63) is 36.4 Å². The molecule has 0 bridgehead atoms. The van der Waals surface area contributed by atoms with Gasteiger partial charge in [0.15, 0.2) is 0 Å². The molecule has 112 valence electrons. The fourth-order valence-corrected chi connectivity index (χ4v) is 3.24. The fraction of sp³-hybridized carbons (Fsp3) is 0.529. The molecule has 1 saturated carbocycles. The number of aryl methyl sites for hydroxylation is 1. The second-order valence-corrected chi connectivity index (χ2v) is 6.39. The number of nitrogens with zero attached hydrogens (tertiary/aromatic N) is 4. The van der Waals surface area contributed by atoms with Gasteiger partial charge in [0.25, 0.3) is 0 Å². The van der Waals surface area contributed by atoms with E-state index in [9.17, 15) is 0 Å². The first kappa shape index (κ1) is 14.3. The summed E-state index contributed by atoms with van der Waals surface area (Å²) >= 11 is 0. The van der Waals surface area contributed by atoms with Crippen molar-refractivity contribution in [3.63, 3.8) is 0 Å². The molecule has 1 fully saturated rings. The monoisotopic (exact) mass is 284 g/mol. The van der Waals surface area contributed by atoms with Crippen LogP contribution in [0, 0.1) is 6.92 Å². The number of aromatic nitrogens is 3. The highest BCUT2D eigenvalue weighted by atomic mass is 15.3. The largest absolute Gasteiger partial charge is 0.306 e. The zero-order valence-corrected chi connectivity index (χ0v) is 13.2. The predicted molar refractivity (Wildman–Crippen MR) is 85.2 cm³/mol. The Hall–Kier alpha value is -1.68. The number of pyridine rings is 1. The molecule has 21 heavy (non-hydrogen) atoms. The van der Waals surface area contributed by atoms with Crippen molar-refractivity contribution in [1.29, 1.82) is 0 Å². The van der Waals surface area contributed by atoms with Gasteiger partial charge in [0.2, 0.25) is 0 Å². The Morgan fingerprint density at radius 3 is 2.48 bits per heavy atom. The van der Waals surface area contributed by atoms with Crippen LogP contribution in [-0.2, 0) is 0 Å². The van der Waals surface area contributed by atoms with Gasteiger partial charge in [-0.05, 0) is 58.3 Å². The van der Waals surface area contributed by atoms with E-state index in [-0.39, 0.29) is 0 Å². The maximum absolute atomic E-state index is 4.59. The third-order valence-corrected chi connectivity index (χ3v) is 4.58. The first-order valence-corrected chi connectivity index (χ1v) is 7.76. The zero-order valence-electron chi connectivity index (χ0n) is 13.2. The van der Waals surface area contributed by atoms with Gasteiger partial charge in [-0.3, -0.25) is 9.67 Å². The highest BCUT2D eigenvalue weighted by Gasteiger charge is 2.24. The lowest BCUT2D eigenvalue weighted by Crippen LogP contribution is -2.32. The minimum Gasteiger partial charge on any atom is -0.306 e. The summed E-state index contributed by atoms with van der Waals surface area (Å²) in [6, 6.07) is 3.45. The van der Waals surface area contributed by atoms with Gasteiger partial charge < -0.3 is 4.90 Å². The molecule has 0 aliphatic heterocycles. The molecule has 0 spiro atoms. The molecule has 2 aromatic heterocycles. The number of hydrogen-bond donors (Lipinski definition) is 0. The molecular formula is C17H24N4. The van der Waals surface area contributed by atoms with Crippen LogP contribution in [0.1, 0.15) is 37.3 Å². The van der Waals surface area contributed by atoms with Crippen LogP contribution in [0.3, 0.4) is 0 Å².